The van der Waals surface area contributed by atoms with Gasteiger partial charge in [-0.3, -0.25) is 0 Å². The quantitative estimate of drug-likeness (QED) is 0.285. The van der Waals surface area contributed by atoms with Gasteiger partial charge in [0.25, 0.3) is 0 Å². The van der Waals surface area contributed by atoms with Crippen molar-refractivity contribution in [3.05, 3.63) is 94.5 Å². The fraction of sp³-hybridized carbons (Fsp3) is 0. The summed E-state index contributed by atoms with van der Waals surface area (Å²) in [5, 5.41) is 7.70. The molecule has 0 aliphatic rings. The van der Waals surface area contributed by atoms with Crippen molar-refractivity contribution in [2.45, 2.75) is 0 Å². The molecule has 0 saturated carbocycles. The zero-order valence-corrected chi connectivity index (χ0v) is 18.4. The van der Waals surface area contributed by atoms with Gasteiger partial charge >= 0.3 is 0 Å². The van der Waals surface area contributed by atoms with Crippen molar-refractivity contribution in [3.8, 4) is 22.6 Å². The van der Waals surface area contributed by atoms with Crippen LogP contribution < -0.4 is 10.1 Å². The van der Waals surface area contributed by atoms with Crippen molar-refractivity contribution >= 4 is 56.3 Å². The number of hydrogen-bond acceptors (Lipinski definition) is 5. The van der Waals surface area contributed by atoms with E-state index in [9.17, 15) is 0 Å². The number of anilines is 2. The Morgan fingerprint density at radius 3 is 2.42 bits per heavy atom. The third-order valence-corrected chi connectivity index (χ3v) is 6.06. The topological polar surface area (TPSA) is 47.0 Å². The number of fused-ring (bicyclic) bond motifs is 1. The number of thiophene rings is 1. The number of benzene rings is 3. The van der Waals surface area contributed by atoms with E-state index in [4.69, 9.17) is 27.9 Å². The summed E-state index contributed by atoms with van der Waals surface area (Å²) in [7, 11) is 0. The number of ether oxygens (including phenoxy) is 1. The van der Waals surface area contributed by atoms with Gasteiger partial charge in [-0.2, -0.15) is 0 Å². The zero-order chi connectivity index (χ0) is 21.2. The van der Waals surface area contributed by atoms with Crippen molar-refractivity contribution in [2.75, 3.05) is 5.32 Å². The summed E-state index contributed by atoms with van der Waals surface area (Å²) in [5.74, 6) is 2.06. The van der Waals surface area contributed by atoms with Crippen LogP contribution in [-0.2, 0) is 0 Å². The molecule has 0 saturated heterocycles. The minimum atomic E-state index is 0.594. The fourth-order valence-electron chi connectivity index (χ4n) is 3.24. The number of nitrogens with zero attached hydrogens (tertiary/aromatic N) is 2. The van der Waals surface area contributed by atoms with Crippen LogP contribution in [0.1, 0.15) is 0 Å². The number of nitrogens with one attached hydrogen (secondary N) is 1. The molecule has 5 aromatic rings. The Morgan fingerprint density at radius 1 is 0.839 bits per heavy atom. The molecule has 0 fully saturated rings. The number of hydrogen-bond donors (Lipinski definition) is 1. The molecule has 0 atom stereocenters. The van der Waals surface area contributed by atoms with E-state index in [2.05, 4.69) is 20.7 Å². The van der Waals surface area contributed by atoms with Gasteiger partial charge in [-0.05, 0) is 48.0 Å². The lowest BCUT2D eigenvalue weighted by atomic mass is 10.1. The molecule has 0 bridgehead atoms. The van der Waals surface area contributed by atoms with Crippen LogP contribution in [0.4, 0.5) is 11.5 Å². The highest BCUT2D eigenvalue weighted by molar-refractivity contribution is 7.17. The molecular formula is C24H15Cl2N3OS. The average molecular weight is 464 g/mol. The summed E-state index contributed by atoms with van der Waals surface area (Å²) < 4.78 is 6.08. The molecule has 0 radical (unpaired) electrons. The SMILES string of the molecule is Clc1ccc(-c2csc3ncnc(Nc4cc(Cl)ccc4Oc4ccccc4)c23)cc1. The number of para-hydroxylation sites is 1. The van der Waals surface area contributed by atoms with Crippen molar-refractivity contribution in [1.82, 2.24) is 9.97 Å². The molecule has 5 rings (SSSR count). The number of rotatable bonds is 5. The normalized spacial score (nSPS) is 10.9. The van der Waals surface area contributed by atoms with Crippen LogP contribution in [0.15, 0.2) is 84.5 Å². The van der Waals surface area contributed by atoms with Gasteiger partial charge in [0.1, 0.15) is 22.7 Å². The molecule has 1 N–H and O–H groups in total. The van der Waals surface area contributed by atoms with E-state index in [0.717, 1.165) is 27.1 Å². The number of aromatic nitrogens is 2. The maximum Gasteiger partial charge on any atom is 0.151 e. The molecular weight excluding hydrogens is 449 g/mol. The first-order chi connectivity index (χ1) is 15.2. The van der Waals surface area contributed by atoms with Crippen LogP contribution in [0.5, 0.6) is 11.5 Å². The molecule has 0 unspecified atom stereocenters. The molecule has 152 valence electrons. The molecule has 2 heterocycles. The second kappa shape index (κ2) is 8.55. The molecule has 7 heteroatoms. The van der Waals surface area contributed by atoms with Gasteiger partial charge in [0.2, 0.25) is 0 Å². The van der Waals surface area contributed by atoms with Crippen molar-refractivity contribution < 1.29 is 4.74 Å². The predicted molar refractivity (Wildman–Crippen MR) is 129 cm³/mol. The molecule has 0 spiro atoms. The lowest BCUT2D eigenvalue weighted by Crippen LogP contribution is -1.98. The van der Waals surface area contributed by atoms with E-state index < -0.39 is 0 Å². The highest BCUT2D eigenvalue weighted by Crippen LogP contribution is 2.40. The molecule has 0 amide bonds. The van der Waals surface area contributed by atoms with E-state index in [0.29, 0.717) is 27.3 Å². The first-order valence-electron chi connectivity index (χ1n) is 9.45. The minimum absolute atomic E-state index is 0.594. The zero-order valence-electron chi connectivity index (χ0n) is 16.0. The van der Waals surface area contributed by atoms with Crippen molar-refractivity contribution in [1.29, 1.82) is 0 Å². The summed E-state index contributed by atoms with van der Waals surface area (Å²) >= 11 is 13.9. The van der Waals surface area contributed by atoms with Gasteiger partial charge in [-0.15, -0.1) is 11.3 Å². The van der Waals surface area contributed by atoms with E-state index >= 15 is 0 Å². The predicted octanol–water partition coefficient (Wildman–Crippen LogP) is 8.20. The largest absolute Gasteiger partial charge is 0.455 e. The summed E-state index contributed by atoms with van der Waals surface area (Å²) in [4.78, 5) is 9.84. The third kappa shape index (κ3) is 4.21. The molecule has 3 aromatic carbocycles. The maximum atomic E-state index is 6.29. The first kappa shape index (κ1) is 19.8. The van der Waals surface area contributed by atoms with E-state index in [1.165, 1.54) is 0 Å². The van der Waals surface area contributed by atoms with Crippen molar-refractivity contribution in [2.24, 2.45) is 0 Å². The van der Waals surface area contributed by atoms with Gasteiger partial charge in [-0.1, -0.05) is 53.5 Å². The van der Waals surface area contributed by atoms with Gasteiger partial charge in [0.15, 0.2) is 5.75 Å². The Morgan fingerprint density at radius 2 is 1.61 bits per heavy atom. The number of halogens is 2. The van der Waals surface area contributed by atoms with E-state index in [1.807, 2.05) is 66.7 Å². The Kier molecular flexibility index (Phi) is 5.47. The second-order valence-corrected chi connectivity index (χ2v) is 8.47. The summed E-state index contributed by atoms with van der Waals surface area (Å²) in [6.45, 7) is 0. The summed E-state index contributed by atoms with van der Waals surface area (Å²) in [6.07, 6.45) is 1.55. The highest BCUT2D eigenvalue weighted by Gasteiger charge is 2.15. The molecule has 4 nitrogen and oxygen atoms in total. The van der Waals surface area contributed by atoms with Crippen LogP contribution in [0.2, 0.25) is 10.0 Å². The smallest absolute Gasteiger partial charge is 0.151 e. The van der Waals surface area contributed by atoms with Crippen LogP contribution in [0, 0.1) is 0 Å². The second-order valence-electron chi connectivity index (χ2n) is 6.74. The van der Waals surface area contributed by atoms with Crippen molar-refractivity contribution in [3.63, 3.8) is 0 Å². The standard InChI is InChI=1S/C24H15Cl2N3OS/c25-16-8-6-15(7-9-16)19-13-31-24-22(19)23(27-14-28-24)29-20-12-17(26)10-11-21(20)30-18-4-2-1-3-5-18/h1-14H,(H,27,28,29). The molecule has 0 aliphatic heterocycles. The van der Waals surface area contributed by atoms with Gasteiger partial charge < -0.3 is 10.1 Å². The van der Waals surface area contributed by atoms with Crippen LogP contribution in [0.3, 0.4) is 0 Å². The van der Waals surface area contributed by atoms with Crippen LogP contribution >= 0.6 is 34.5 Å². The summed E-state index contributed by atoms with van der Waals surface area (Å²) in [5.41, 5.74) is 2.79. The Bertz CT molecular complexity index is 1350. The van der Waals surface area contributed by atoms with Gasteiger partial charge in [0.05, 0.1) is 11.1 Å². The van der Waals surface area contributed by atoms with Crippen LogP contribution in [-0.4, -0.2) is 9.97 Å². The highest BCUT2D eigenvalue weighted by atomic mass is 35.5. The Balaban J connectivity index is 1.58. The van der Waals surface area contributed by atoms with Gasteiger partial charge in [-0.25, -0.2) is 9.97 Å². The lowest BCUT2D eigenvalue weighted by molar-refractivity contribution is 0.485. The maximum absolute atomic E-state index is 6.29. The average Bonchev–Trinajstić information content (AvgIpc) is 3.22. The van der Waals surface area contributed by atoms with E-state index in [-0.39, 0.29) is 0 Å². The first-order valence-corrected chi connectivity index (χ1v) is 11.1. The molecule has 2 aromatic heterocycles. The Hall–Kier alpha value is -3.12. The monoisotopic (exact) mass is 463 g/mol. The fourth-order valence-corrected chi connectivity index (χ4v) is 4.46. The van der Waals surface area contributed by atoms with E-state index in [1.54, 1.807) is 23.7 Å². The molecule has 0 aliphatic carbocycles. The lowest BCUT2D eigenvalue weighted by Gasteiger charge is -2.14. The van der Waals surface area contributed by atoms with Gasteiger partial charge in [0, 0.05) is 21.0 Å². The Labute approximate surface area is 193 Å². The molecule has 31 heavy (non-hydrogen) atoms. The third-order valence-electron chi connectivity index (χ3n) is 4.69. The summed E-state index contributed by atoms with van der Waals surface area (Å²) in [6, 6.07) is 22.8. The minimum Gasteiger partial charge on any atom is -0.455 e. The van der Waals surface area contributed by atoms with Crippen LogP contribution in [0.25, 0.3) is 21.3 Å².